The maximum absolute atomic E-state index is 12.3. The van der Waals surface area contributed by atoms with Crippen LogP contribution in [0.25, 0.3) is 6.08 Å². The maximum Gasteiger partial charge on any atom is 0.255 e. The summed E-state index contributed by atoms with van der Waals surface area (Å²) in [6.45, 7) is 0.220. The highest BCUT2D eigenvalue weighted by Crippen LogP contribution is 2.26. The van der Waals surface area contributed by atoms with Crippen molar-refractivity contribution in [2.24, 2.45) is 0 Å². The zero-order chi connectivity index (χ0) is 14.7. The van der Waals surface area contributed by atoms with E-state index in [0.29, 0.717) is 16.8 Å². The molecule has 0 aliphatic carbocycles. The van der Waals surface area contributed by atoms with Gasteiger partial charge in [-0.1, -0.05) is 30.3 Å². The van der Waals surface area contributed by atoms with Gasteiger partial charge in [0, 0.05) is 5.56 Å². The van der Waals surface area contributed by atoms with Gasteiger partial charge in [-0.3, -0.25) is 4.79 Å². The topological polar surface area (TPSA) is 62.1 Å². The first-order chi connectivity index (χ1) is 10.3. The van der Waals surface area contributed by atoms with E-state index in [0.717, 1.165) is 11.3 Å². The van der Waals surface area contributed by atoms with Crippen LogP contribution in [-0.4, -0.2) is 12.5 Å². The van der Waals surface area contributed by atoms with Crippen LogP contribution in [0.1, 0.15) is 11.1 Å². The molecule has 0 saturated carbocycles. The number of anilines is 1. The lowest BCUT2D eigenvalue weighted by atomic mass is 10.1. The zero-order valence-electron chi connectivity index (χ0n) is 11.2. The molecule has 3 rings (SSSR count). The standard InChI is InChI=1S/C17H12N2O2/c18-10-13-6-1-3-7-15(13)19-17(20)14-9-12-5-2-4-8-16(12)21-11-14/h1-9H,11H2,(H,19,20). The number of fused-ring (bicyclic) bond motifs is 1. The molecule has 1 amide bonds. The average Bonchev–Trinajstić information content (AvgIpc) is 2.55. The van der Waals surface area contributed by atoms with Crippen molar-refractivity contribution >= 4 is 17.7 Å². The lowest BCUT2D eigenvalue weighted by Gasteiger charge is -2.17. The van der Waals surface area contributed by atoms with Gasteiger partial charge in [-0.15, -0.1) is 0 Å². The first kappa shape index (κ1) is 12.9. The third kappa shape index (κ3) is 2.63. The van der Waals surface area contributed by atoms with Crippen molar-refractivity contribution in [3.8, 4) is 11.8 Å². The summed E-state index contributed by atoms with van der Waals surface area (Å²) in [5.41, 5.74) is 2.34. The van der Waals surface area contributed by atoms with E-state index in [-0.39, 0.29) is 12.5 Å². The molecule has 0 radical (unpaired) electrons. The van der Waals surface area contributed by atoms with Crippen LogP contribution in [0, 0.1) is 11.3 Å². The molecule has 1 aliphatic heterocycles. The molecule has 2 aromatic carbocycles. The van der Waals surface area contributed by atoms with Crippen molar-refractivity contribution in [2.75, 3.05) is 11.9 Å². The Labute approximate surface area is 122 Å². The molecular formula is C17H12N2O2. The number of hydrogen-bond donors (Lipinski definition) is 1. The van der Waals surface area contributed by atoms with Gasteiger partial charge in [0.1, 0.15) is 18.4 Å². The molecule has 1 N–H and O–H groups in total. The van der Waals surface area contributed by atoms with Crippen LogP contribution >= 0.6 is 0 Å². The number of rotatable bonds is 2. The first-order valence-corrected chi connectivity index (χ1v) is 6.51. The fourth-order valence-corrected chi connectivity index (χ4v) is 2.14. The molecular weight excluding hydrogens is 264 g/mol. The van der Waals surface area contributed by atoms with Gasteiger partial charge in [0.15, 0.2) is 0 Å². The van der Waals surface area contributed by atoms with Crippen molar-refractivity contribution in [3.05, 3.63) is 65.2 Å². The van der Waals surface area contributed by atoms with Gasteiger partial charge in [-0.25, -0.2) is 0 Å². The molecule has 21 heavy (non-hydrogen) atoms. The Morgan fingerprint density at radius 1 is 1.14 bits per heavy atom. The molecule has 4 heteroatoms. The Morgan fingerprint density at radius 2 is 1.90 bits per heavy atom. The van der Waals surface area contributed by atoms with Crippen molar-refractivity contribution in [1.82, 2.24) is 0 Å². The molecule has 102 valence electrons. The molecule has 0 spiro atoms. The Hall–Kier alpha value is -3.06. The number of amides is 1. The number of nitriles is 1. The van der Waals surface area contributed by atoms with Crippen molar-refractivity contribution in [2.45, 2.75) is 0 Å². The largest absolute Gasteiger partial charge is 0.488 e. The summed E-state index contributed by atoms with van der Waals surface area (Å²) in [6.07, 6.45) is 1.81. The van der Waals surface area contributed by atoms with Gasteiger partial charge in [0.05, 0.1) is 16.8 Å². The minimum absolute atomic E-state index is 0.220. The lowest BCUT2D eigenvalue weighted by Crippen LogP contribution is -2.21. The van der Waals surface area contributed by atoms with E-state index in [1.165, 1.54) is 0 Å². The third-order valence-electron chi connectivity index (χ3n) is 3.22. The highest BCUT2D eigenvalue weighted by molar-refractivity contribution is 6.08. The highest BCUT2D eigenvalue weighted by Gasteiger charge is 2.17. The molecule has 0 saturated heterocycles. The van der Waals surface area contributed by atoms with Gasteiger partial charge in [-0.2, -0.15) is 5.26 Å². The van der Waals surface area contributed by atoms with E-state index in [4.69, 9.17) is 10.00 Å². The molecule has 0 aromatic heterocycles. The predicted molar refractivity (Wildman–Crippen MR) is 79.7 cm³/mol. The lowest BCUT2D eigenvalue weighted by molar-refractivity contribution is -0.113. The van der Waals surface area contributed by atoms with Crippen molar-refractivity contribution in [3.63, 3.8) is 0 Å². The van der Waals surface area contributed by atoms with Crippen molar-refractivity contribution in [1.29, 1.82) is 5.26 Å². The SMILES string of the molecule is N#Cc1ccccc1NC(=O)C1=Cc2ccccc2OC1. The van der Waals surface area contributed by atoms with E-state index in [1.807, 2.05) is 30.3 Å². The Morgan fingerprint density at radius 3 is 2.76 bits per heavy atom. The van der Waals surface area contributed by atoms with Crippen LogP contribution < -0.4 is 10.1 Å². The van der Waals surface area contributed by atoms with Crippen LogP contribution in [0.2, 0.25) is 0 Å². The average molecular weight is 276 g/mol. The van der Waals surface area contributed by atoms with Gasteiger partial charge in [0.25, 0.3) is 5.91 Å². The molecule has 4 nitrogen and oxygen atoms in total. The van der Waals surface area contributed by atoms with Gasteiger partial charge in [0.2, 0.25) is 0 Å². The monoisotopic (exact) mass is 276 g/mol. The summed E-state index contributed by atoms with van der Waals surface area (Å²) < 4.78 is 5.56. The number of carbonyl (C=O) groups excluding carboxylic acids is 1. The van der Waals surface area contributed by atoms with Gasteiger partial charge in [-0.05, 0) is 24.3 Å². The second-order valence-corrected chi connectivity index (χ2v) is 4.61. The number of benzene rings is 2. The summed E-state index contributed by atoms with van der Waals surface area (Å²) in [5.74, 6) is 0.513. The number of ether oxygens (including phenoxy) is 1. The smallest absolute Gasteiger partial charge is 0.255 e. The summed E-state index contributed by atoms with van der Waals surface area (Å²) in [4.78, 5) is 12.3. The molecule has 0 unspecified atom stereocenters. The Bertz CT molecular complexity index is 772. The fraction of sp³-hybridized carbons (Fsp3) is 0.0588. The molecule has 0 atom stereocenters. The molecule has 1 heterocycles. The van der Waals surface area contributed by atoms with E-state index < -0.39 is 0 Å². The first-order valence-electron chi connectivity index (χ1n) is 6.51. The normalized spacial score (nSPS) is 12.4. The van der Waals surface area contributed by atoms with Crippen LogP contribution in [-0.2, 0) is 4.79 Å². The predicted octanol–water partition coefficient (Wildman–Crippen LogP) is 2.97. The van der Waals surface area contributed by atoms with Gasteiger partial charge < -0.3 is 10.1 Å². The summed E-state index contributed by atoms with van der Waals surface area (Å²) >= 11 is 0. The maximum atomic E-state index is 12.3. The second kappa shape index (κ2) is 5.51. The van der Waals surface area contributed by atoms with Crippen molar-refractivity contribution < 1.29 is 9.53 Å². The number of nitrogens with zero attached hydrogens (tertiary/aromatic N) is 1. The number of hydrogen-bond acceptors (Lipinski definition) is 3. The van der Waals surface area contributed by atoms with Crippen LogP contribution in [0.3, 0.4) is 0 Å². The van der Waals surface area contributed by atoms with Crippen LogP contribution in [0.15, 0.2) is 54.1 Å². The summed E-state index contributed by atoms with van der Waals surface area (Å²) in [5, 5.41) is 11.8. The van der Waals surface area contributed by atoms with Crippen LogP contribution in [0.4, 0.5) is 5.69 Å². The molecule has 2 aromatic rings. The molecule has 0 bridgehead atoms. The Balaban J connectivity index is 1.84. The quantitative estimate of drug-likeness (QED) is 0.917. The molecule has 0 fully saturated rings. The highest BCUT2D eigenvalue weighted by atomic mass is 16.5. The summed E-state index contributed by atoms with van der Waals surface area (Å²) in [7, 11) is 0. The number of para-hydroxylation sites is 2. The third-order valence-corrected chi connectivity index (χ3v) is 3.22. The number of carbonyl (C=O) groups is 1. The zero-order valence-corrected chi connectivity index (χ0v) is 11.2. The second-order valence-electron chi connectivity index (χ2n) is 4.61. The number of nitrogens with one attached hydrogen (secondary N) is 1. The van der Waals surface area contributed by atoms with E-state index >= 15 is 0 Å². The minimum atomic E-state index is -0.257. The molecule has 1 aliphatic rings. The minimum Gasteiger partial charge on any atom is -0.488 e. The van der Waals surface area contributed by atoms with Crippen LogP contribution in [0.5, 0.6) is 5.75 Å². The van der Waals surface area contributed by atoms with E-state index in [9.17, 15) is 4.79 Å². The van der Waals surface area contributed by atoms with E-state index in [1.54, 1.807) is 24.3 Å². The Kier molecular flexibility index (Phi) is 3.40. The fourth-order valence-electron chi connectivity index (χ4n) is 2.14. The van der Waals surface area contributed by atoms with E-state index in [2.05, 4.69) is 11.4 Å². The summed E-state index contributed by atoms with van der Waals surface area (Å²) in [6, 6.07) is 16.5. The van der Waals surface area contributed by atoms with Gasteiger partial charge >= 0.3 is 0 Å².